The fraction of sp³-hybridized carbons (Fsp3) is 0.421. The summed E-state index contributed by atoms with van der Waals surface area (Å²) in [4.78, 5) is 0. The van der Waals surface area contributed by atoms with Crippen molar-refractivity contribution in [3.05, 3.63) is 66.0 Å². The molecule has 0 saturated heterocycles. The number of allylic oxidation sites excluding steroid dienone is 6. The Balaban J connectivity index is 0.000000562. The van der Waals surface area contributed by atoms with Crippen molar-refractivity contribution in [2.45, 2.75) is 46.0 Å². The molecule has 0 aliphatic heterocycles. The van der Waals surface area contributed by atoms with E-state index in [1.807, 2.05) is 61.6 Å². The zero-order valence-electron chi connectivity index (χ0n) is 13.1. The van der Waals surface area contributed by atoms with Gasteiger partial charge < -0.3 is 5.11 Å². The predicted molar refractivity (Wildman–Crippen MR) is 85.3 cm³/mol. The van der Waals surface area contributed by atoms with Crippen molar-refractivity contribution >= 4 is 0 Å². The first kappa shape index (κ1) is 19.9. The molecule has 0 aromatic heterocycles. The third kappa shape index (κ3) is 8.70. The van der Waals surface area contributed by atoms with E-state index in [0.29, 0.717) is 5.76 Å². The van der Waals surface area contributed by atoms with Gasteiger partial charge in [-0.1, -0.05) is 63.8 Å². The molecule has 2 heteroatoms. The van der Waals surface area contributed by atoms with E-state index in [1.54, 1.807) is 0 Å². The smallest absolute Gasteiger partial charge is 0.875 e. The minimum atomic E-state index is 0. The van der Waals surface area contributed by atoms with E-state index in [9.17, 15) is 5.11 Å². The molecule has 1 aliphatic carbocycles. The van der Waals surface area contributed by atoms with Crippen LogP contribution in [0.2, 0.25) is 0 Å². The molecule has 0 spiro atoms. The average molecular weight is 326 g/mol. The van der Waals surface area contributed by atoms with Gasteiger partial charge in [-0.15, -0.1) is 5.76 Å². The van der Waals surface area contributed by atoms with Gasteiger partial charge in [0.2, 0.25) is 0 Å². The van der Waals surface area contributed by atoms with E-state index in [0.717, 1.165) is 12.0 Å². The fourth-order valence-electron chi connectivity index (χ4n) is 2.15. The second-order valence-corrected chi connectivity index (χ2v) is 5.25. The van der Waals surface area contributed by atoms with Gasteiger partial charge in [-0.2, -0.15) is 18.2 Å². The van der Waals surface area contributed by atoms with Crippen molar-refractivity contribution in [2.75, 3.05) is 0 Å². The monoisotopic (exact) mass is 326 g/mol. The van der Waals surface area contributed by atoms with Crippen LogP contribution in [0.3, 0.4) is 0 Å². The van der Waals surface area contributed by atoms with Gasteiger partial charge in [-0.05, 0) is 17.9 Å². The Morgan fingerprint density at radius 3 is 2.19 bits per heavy atom. The molecule has 2 rings (SSSR count). The molecule has 1 aromatic rings. The summed E-state index contributed by atoms with van der Waals surface area (Å²) in [6, 6.07) is 10.0. The van der Waals surface area contributed by atoms with Gasteiger partial charge in [0.1, 0.15) is 0 Å². The third-order valence-corrected chi connectivity index (χ3v) is 3.44. The molecule has 0 saturated carbocycles. The zero-order valence-corrected chi connectivity index (χ0v) is 14.2. The van der Waals surface area contributed by atoms with Crippen LogP contribution >= 0.6 is 0 Å². The molecule has 0 amide bonds. The molecule has 0 bridgehead atoms. The largest absolute Gasteiger partial charge is 2.00 e. The maximum Gasteiger partial charge on any atom is 2.00 e. The van der Waals surface area contributed by atoms with Crippen molar-refractivity contribution in [1.82, 2.24) is 0 Å². The topological polar surface area (TPSA) is 23.1 Å². The minimum absolute atomic E-state index is 0. The molecule has 21 heavy (non-hydrogen) atoms. The summed E-state index contributed by atoms with van der Waals surface area (Å²) in [5.41, 5.74) is 0.873. The maximum atomic E-state index is 11.9. The van der Waals surface area contributed by atoms with E-state index in [1.165, 1.54) is 25.7 Å². The first-order valence-corrected chi connectivity index (χ1v) is 7.68. The first-order valence-electron chi connectivity index (χ1n) is 7.68. The van der Waals surface area contributed by atoms with Crippen LogP contribution in [-0.4, -0.2) is 0 Å². The van der Waals surface area contributed by atoms with E-state index in [-0.39, 0.29) is 23.0 Å². The second kappa shape index (κ2) is 12.6. The van der Waals surface area contributed by atoms with Gasteiger partial charge in [-0.25, -0.2) is 12.1 Å². The standard InChI is InChI=1S/C14H22O.C5H5.Fe/c1-3-4-5-6-9-12(2)14(15)13-10-7-8-11-13;1-2-4-5-3-1;/h7-8,10-12,15H,3-6,9H2,1-2H3;1-5H;/q;-1;+2/p-1. The van der Waals surface area contributed by atoms with Crippen LogP contribution in [0.4, 0.5) is 0 Å². The predicted octanol–water partition coefficient (Wildman–Crippen LogP) is 4.74. The quantitative estimate of drug-likeness (QED) is 0.321. The van der Waals surface area contributed by atoms with Crippen LogP contribution in [0.25, 0.3) is 0 Å². The molecule has 1 aliphatic rings. The Morgan fingerprint density at radius 1 is 1.10 bits per heavy atom. The second-order valence-electron chi connectivity index (χ2n) is 5.25. The van der Waals surface area contributed by atoms with E-state index in [4.69, 9.17) is 0 Å². The third-order valence-electron chi connectivity index (χ3n) is 3.44. The minimum Gasteiger partial charge on any atom is -0.875 e. The van der Waals surface area contributed by atoms with Crippen LogP contribution < -0.4 is 5.11 Å². The molecule has 116 valence electrons. The van der Waals surface area contributed by atoms with Crippen molar-refractivity contribution in [3.63, 3.8) is 0 Å². The summed E-state index contributed by atoms with van der Waals surface area (Å²) < 4.78 is 0. The van der Waals surface area contributed by atoms with Crippen LogP contribution in [0.15, 0.2) is 66.0 Å². The van der Waals surface area contributed by atoms with Gasteiger partial charge in [0.05, 0.1) is 0 Å². The van der Waals surface area contributed by atoms with E-state index < -0.39 is 0 Å². The van der Waals surface area contributed by atoms with Crippen molar-refractivity contribution in [3.8, 4) is 0 Å². The van der Waals surface area contributed by atoms with E-state index >= 15 is 0 Å². The summed E-state index contributed by atoms with van der Waals surface area (Å²) in [7, 11) is 0. The first-order chi connectivity index (χ1) is 9.75. The Bertz CT molecular complexity index is 395. The van der Waals surface area contributed by atoms with Crippen LogP contribution in [-0.2, 0) is 17.1 Å². The van der Waals surface area contributed by atoms with Crippen molar-refractivity contribution < 1.29 is 22.2 Å². The van der Waals surface area contributed by atoms with Crippen molar-refractivity contribution in [1.29, 1.82) is 0 Å². The van der Waals surface area contributed by atoms with Gasteiger partial charge in [0.25, 0.3) is 0 Å². The Kier molecular flexibility index (Phi) is 11.9. The van der Waals surface area contributed by atoms with Crippen LogP contribution in [0, 0.1) is 5.92 Å². The molecule has 0 N–H and O–H groups in total. The molecular weight excluding hydrogens is 300 g/mol. The molecule has 1 aromatic carbocycles. The molecule has 1 atom stereocenters. The molecule has 0 heterocycles. The SMILES string of the molecule is CCCCCCC(C)C([O-])=C1C=CC=C1.[Fe+2].c1cc[cH-]c1. The molecule has 1 unspecified atom stereocenters. The number of hydrogen-bond acceptors (Lipinski definition) is 1. The van der Waals surface area contributed by atoms with E-state index in [2.05, 4.69) is 6.92 Å². The van der Waals surface area contributed by atoms with Crippen LogP contribution in [0.5, 0.6) is 0 Å². The van der Waals surface area contributed by atoms with Gasteiger partial charge >= 0.3 is 17.1 Å². The normalized spacial score (nSPS) is 13.3. The van der Waals surface area contributed by atoms with Gasteiger partial charge in [0, 0.05) is 0 Å². The fourth-order valence-corrected chi connectivity index (χ4v) is 2.15. The number of unbranched alkanes of at least 4 members (excludes halogenated alkanes) is 3. The zero-order chi connectivity index (χ0) is 14.6. The maximum absolute atomic E-state index is 11.9. The Hall–Kier alpha value is -1.11. The average Bonchev–Trinajstić information content (AvgIpc) is 3.17. The molecule has 0 radical (unpaired) electrons. The van der Waals surface area contributed by atoms with Gasteiger partial charge in [0.15, 0.2) is 0 Å². The Morgan fingerprint density at radius 2 is 1.71 bits per heavy atom. The molecule has 0 fully saturated rings. The Labute approximate surface area is 140 Å². The molecule has 1 nitrogen and oxygen atoms in total. The summed E-state index contributed by atoms with van der Waals surface area (Å²) in [6.07, 6.45) is 13.7. The summed E-state index contributed by atoms with van der Waals surface area (Å²) in [6.45, 7) is 4.25. The van der Waals surface area contributed by atoms with Gasteiger partial charge in [-0.3, -0.25) is 0 Å². The summed E-state index contributed by atoms with van der Waals surface area (Å²) in [5.74, 6) is 0.487. The number of rotatable bonds is 6. The number of hydrogen-bond donors (Lipinski definition) is 0. The van der Waals surface area contributed by atoms with Crippen molar-refractivity contribution in [2.24, 2.45) is 5.92 Å². The molecular formula is C19H26FeO. The summed E-state index contributed by atoms with van der Waals surface area (Å²) in [5, 5.41) is 11.9. The summed E-state index contributed by atoms with van der Waals surface area (Å²) >= 11 is 0. The van der Waals surface area contributed by atoms with Crippen LogP contribution in [0.1, 0.15) is 46.0 Å².